The van der Waals surface area contributed by atoms with Crippen molar-refractivity contribution in [2.45, 2.75) is 12.8 Å². The molecule has 5 nitrogen and oxygen atoms in total. The molecule has 2 heterocycles. The molecule has 2 aliphatic rings. The summed E-state index contributed by atoms with van der Waals surface area (Å²) in [6.45, 7) is 1.70. The third-order valence-corrected chi connectivity index (χ3v) is 4.41. The monoisotopic (exact) mass is 333 g/mol. The molecule has 1 aromatic carbocycles. The van der Waals surface area contributed by atoms with Crippen LogP contribution in [0.3, 0.4) is 0 Å². The van der Waals surface area contributed by atoms with Crippen molar-refractivity contribution in [1.29, 1.82) is 0 Å². The number of benzene rings is 1. The first kappa shape index (κ1) is 15.6. The Kier molecular flexibility index (Phi) is 4.12. The van der Waals surface area contributed by atoms with Crippen LogP contribution in [0.25, 0.3) is 6.08 Å². The molecule has 0 spiro atoms. The van der Waals surface area contributed by atoms with E-state index < -0.39 is 11.8 Å². The van der Waals surface area contributed by atoms with Crippen molar-refractivity contribution in [3.8, 4) is 0 Å². The van der Waals surface area contributed by atoms with Gasteiger partial charge in [-0.3, -0.25) is 19.8 Å². The third kappa shape index (κ3) is 2.96. The maximum absolute atomic E-state index is 14.3. The van der Waals surface area contributed by atoms with Crippen molar-refractivity contribution in [2.24, 2.45) is 0 Å². The van der Waals surface area contributed by atoms with Crippen LogP contribution >= 0.6 is 12.2 Å². The molecular formula is C16H16FN3O2S. The number of hydrogen-bond donors (Lipinski definition) is 1. The van der Waals surface area contributed by atoms with E-state index >= 15 is 0 Å². The standard InChI is InChI=1S/C16H16FN3O2S/c1-19-15(22)11(14(21)18-16(19)23)8-10-4-5-13(12(17)9-10)20-6-2-3-7-20/h4-5,8-9H,2-3,6-7H2,1H3,(H,18,21,23)/b11-8+. The van der Waals surface area contributed by atoms with Crippen molar-refractivity contribution >= 4 is 40.9 Å². The minimum absolute atomic E-state index is 0.0607. The molecule has 0 atom stereocenters. The van der Waals surface area contributed by atoms with Crippen LogP contribution in [0.1, 0.15) is 18.4 Å². The Hall–Kier alpha value is -2.28. The number of carbonyl (C=O) groups is 2. The molecule has 120 valence electrons. The predicted octanol–water partition coefficient (Wildman–Crippen LogP) is 1.68. The van der Waals surface area contributed by atoms with Gasteiger partial charge in [0.25, 0.3) is 11.8 Å². The van der Waals surface area contributed by atoms with Crippen molar-refractivity contribution in [2.75, 3.05) is 25.0 Å². The summed E-state index contributed by atoms with van der Waals surface area (Å²) < 4.78 is 14.3. The van der Waals surface area contributed by atoms with E-state index in [4.69, 9.17) is 12.2 Å². The summed E-state index contributed by atoms with van der Waals surface area (Å²) in [6, 6.07) is 4.73. The third-order valence-electron chi connectivity index (χ3n) is 4.03. The van der Waals surface area contributed by atoms with Crippen LogP contribution in [0.2, 0.25) is 0 Å². The van der Waals surface area contributed by atoms with E-state index in [0.717, 1.165) is 25.9 Å². The van der Waals surface area contributed by atoms with Gasteiger partial charge in [-0.15, -0.1) is 0 Å². The molecule has 2 saturated heterocycles. The fourth-order valence-electron chi connectivity index (χ4n) is 2.74. The first-order valence-electron chi connectivity index (χ1n) is 7.37. The van der Waals surface area contributed by atoms with E-state index in [1.807, 2.05) is 4.90 Å². The van der Waals surface area contributed by atoms with E-state index in [1.165, 1.54) is 24.1 Å². The predicted molar refractivity (Wildman–Crippen MR) is 89.3 cm³/mol. The topological polar surface area (TPSA) is 52.7 Å². The van der Waals surface area contributed by atoms with Crippen molar-refractivity contribution in [1.82, 2.24) is 10.2 Å². The Labute approximate surface area is 138 Å². The van der Waals surface area contributed by atoms with Gasteiger partial charge in [0.2, 0.25) is 0 Å². The number of rotatable bonds is 2. The molecule has 1 aromatic rings. The number of anilines is 1. The number of carbonyl (C=O) groups excluding carboxylic acids is 2. The van der Waals surface area contributed by atoms with E-state index in [1.54, 1.807) is 12.1 Å². The Balaban J connectivity index is 1.90. The van der Waals surface area contributed by atoms with Crippen LogP contribution in [-0.4, -0.2) is 42.0 Å². The summed E-state index contributed by atoms with van der Waals surface area (Å²) in [7, 11) is 1.48. The lowest BCUT2D eigenvalue weighted by Gasteiger charge is -2.25. The minimum Gasteiger partial charge on any atom is -0.369 e. The molecule has 7 heteroatoms. The highest BCUT2D eigenvalue weighted by molar-refractivity contribution is 7.80. The van der Waals surface area contributed by atoms with Crippen LogP contribution in [0, 0.1) is 5.82 Å². The van der Waals surface area contributed by atoms with Gasteiger partial charge in [-0.05, 0) is 48.8 Å². The van der Waals surface area contributed by atoms with Gasteiger partial charge in [0.05, 0.1) is 5.69 Å². The molecular weight excluding hydrogens is 317 g/mol. The van der Waals surface area contributed by atoms with Crippen LogP contribution in [0.5, 0.6) is 0 Å². The second-order valence-corrected chi connectivity index (χ2v) is 5.97. The molecule has 0 aromatic heterocycles. The molecule has 2 aliphatic heterocycles. The quantitative estimate of drug-likeness (QED) is 0.508. The number of thiocarbonyl (C=S) groups is 1. The maximum Gasteiger partial charge on any atom is 0.265 e. The van der Waals surface area contributed by atoms with Crippen molar-refractivity contribution in [3.05, 3.63) is 35.2 Å². The maximum atomic E-state index is 14.3. The van der Waals surface area contributed by atoms with Gasteiger partial charge < -0.3 is 4.90 Å². The molecule has 0 aliphatic carbocycles. The van der Waals surface area contributed by atoms with Gasteiger partial charge in [-0.25, -0.2) is 4.39 Å². The highest BCUT2D eigenvalue weighted by atomic mass is 32.1. The Morgan fingerprint density at radius 3 is 2.61 bits per heavy atom. The normalized spacial score (nSPS) is 20.4. The molecule has 2 amide bonds. The number of likely N-dealkylation sites (N-methyl/N-ethyl adjacent to an activating group) is 1. The number of nitrogens with one attached hydrogen (secondary N) is 1. The molecule has 0 radical (unpaired) electrons. The smallest absolute Gasteiger partial charge is 0.265 e. The molecule has 0 saturated carbocycles. The average molecular weight is 333 g/mol. The van der Waals surface area contributed by atoms with Gasteiger partial charge in [0, 0.05) is 20.1 Å². The van der Waals surface area contributed by atoms with Gasteiger partial charge in [-0.2, -0.15) is 0 Å². The fourth-order valence-corrected chi connectivity index (χ4v) is 2.92. The minimum atomic E-state index is -0.567. The molecule has 0 bridgehead atoms. The molecule has 2 fully saturated rings. The van der Waals surface area contributed by atoms with Crippen LogP contribution in [0.15, 0.2) is 23.8 Å². The summed E-state index contributed by atoms with van der Waals surface area (Å²) >= 11 is 4.88. The first-order chi connectivity index (χ1) is 11.0. The lowest BCUT2D eigenvalue weighted by atomic mass is 10.1. The summed E-state index contributed by atoms with van der Waals surface area (Å²) in [5, 5.41) is 2.49. The van der Waals surface area contributed by atoms with Gasteiger partial charge in [0.1, 0.15) is 11.4 Å². The van der Waals surface area contributed by atoms with Gasteiger partial charge in [0.15, 0.2) is 5.11 Å². The lowest BCUT2D eigenvalue weighted by Crippen LogP contribution is -2.52. The number of hydrogen-bond acceptors (Lipinski definition) is 4. The van der Waals surface area contributed by atoms with Crippen LogP contribution in [0.4, 0.5) is 10.1 Å². The zero-order valence-electron chi connectivity index (χ0n) is 12.6. The highest BCUT2D eigenvalue weighted by Gasteiger charge is 2.30. The summed E-state index contributed by atoms with van der Waals surface area (Å²) in [6.07, 6.45) is 3.51. The summed E-state index contributed by atoms with van der Waals surface area (Å²) in [4.78, 5) is 27.2. The zero-order chi connectivity index (χ0) is 16.6. The molecule has 0 unspecified atom stereocenters. The van der Waals surface area contributed by atoms with Crippen LogP contribution < -0.4 is 10.2 Å². The highest BCUT2D eigenvalue weighted by Crippen LogP contribution is 2.25. The Morgan fingerprint density at radius 2 is 1.96 bits per heavy atom. The van der Waals surface area contributed by atoms with E-state index in [-0.39, 0.29) is 16.5 Å². The molecule has 3 rings (SSSR count). The van der Waals surface area contributed by atoms with Crippen molar-refractivity contribution in [3.63, 3.8) is 0 Å². The van der Waals surface area contributed by atoms with Crippen LogP contribution in [-0.2, 0) is 9.59 Å². The number of halogens is 1. The first-order valence-corrected chi connectivity index (χ1v) is 7.78. The second-order valence-electron chi connectivity index (χ2n) is 5.59. The average Bonchev–Trinajstić information content (AvgIpc) is 3.03. The van der Waals surface area contributed by atoms with Gasteiger partial charge in [-0.1, -0.05) is 6.07 Å². The lowest BCUT2D eigenvalue weighted by molar-refractivity contribution is -0.128. The Morgan fingerprint density at radius 1 is 1.26 bits per heavy atom. The SMILES string of the molecule is CN1C(=O)/C(=C/c2ccc(N3CCCC3)c(F)c2)C(=O)NC1=S. The second kappa shape index (κ2) is 6.08. The molecule has 1 N–H and O–H groups in total. The molecule has 23 heavy (non-hydrogen) atoms. The van der Waals surface area contributed by atoms with E-state index in [0.29, 0.717) is 11.3 Å². The fraction of sp³-hybridized carbons (Fsp3) is 0.312. The van der Waals surface area contributed by atoms with Crippen molar-refractivity contribution < 1.29 is 14.0 Å². The van der Waals surface area contributed by atoms with E-state index in [9.17, 15) is 14.0 Å². The summed E-state index contributed by atoms with van der Waals surface area (Å²) in [5.74, 6) is -1.42. The zero-order valence-corrected chi connectivity index (χ0v) is 13.5. The number of nitrogens with zero attached hydrogens (tertiary/aromatic N) is 2. The van der Waals surface area contributed by atoms with Gasteiger partial charge >= 0.3 is 0 Å². The Bertz CT molecular complexity index is 726. The number of amides is 2. The largest absolute Gasteiger partial charge is 0.369 e. The van der Waals surface area contributed by atoms with E-state index in [2.05, 4.69) is 5.32 Å². The summed E-state index contributed by atoms with van der Waals surface area (Å²) in [5.41, 5.74) is 0.960.